The quantitative estimate of drug-likeness (QED) is 0.694. The molecule has 0 spiro atoms. The Balaban J connectivity index is 0.00000196. The van der Waals surface area contributed by atoms with Crippen molar-refractivity contribution in [2.24, 2.45) is 0 Å². The van der Waals surface area contributed by atoms with Crippen LogP contribution in [0.2, 0.25) is 5.82 Å². The van der Waals surface area contributed by atoms with Gasteiger partial charge in [0.1, 0.15) is 0 Å². The molecule has 0 aromatic carbocycles. The van der Waals surface area contributed by atoms with Crippen LogP contribution >= 0.6 is 12.4 Å². The fourth-order valence-electron chi connectivity index (χ4n) is 1.71. The minimum absolute atomic E-state index is 0. The fraction of sp³-hybridized carbons (Fsp3) is 1.00. The lowest BCUT2D eigenvalue weighted by Crippen LogP contribution is -2.41. The van der Waals surface area contributed by atoms with Crippen LogP contribution in [-0.4, -0.2) is 18.3 Å². The van der Waals surface area contributed by atoms with E-state index >= 15 is 0 Å². The van der Waals surface area contributed by atoms with Crippen LogP contribution in [0.3, 0.4) is 0 Å². The van der Waals surface area contributed by atoms with Gasteiger partial charge in [-0.3, -0.25) is 0 Å². The standard InChI is InChI=1S/C11H23BO2.ClH/c1-7-8-9(2)12-13-10(3,4)11(5,6)14-12;/h9H,7-8H2,1-6H3;1H. The topological polar surface area (TPSA) is 18.5 Å². The number of hydrogen-bond acceptors (Lipinski definition) is 2. The first-order valence-electron chi connectivity index (χ1n) is 5.66. The summed E-state index contributed by atoms with van der Waals surface area (Å²) in [5, 5.41) is 0. The Morgan fingerprint density at radius 1 is 1.07 bits per heavy atom. The van der Waals surface area contributed by atoms with E-state index in [-0.39, 0.29) is 30.7 Å². The summed E-state index contributed by atoms with van der Waals surface area (Å²) in [6.45, 7) is 12.8. The fourth-order valence-corrected chi connectivity index (χ4v) is 1.71. The maximum Gasteiger partial charge on any atom is 0.460 e. The molecule has 1 saturated heterocycles. The van der Waals surface area contributed by atoms with Gasteiger partial charge < -0.3 is 9.31 Å². The highest BCUT2D eigenvalue weighted by molar-refractivity contribution is 6.47. The third-order valence-corrected chi connectivity index (χ3v) is 3.48. The smallest absolute Gasteiger partial charge is 0.403 e. The monoisotopic (exact) mass is 234 g/mol. The highest BCUT2D eigenvalue weighted by atomic mass is 35.5. The summed E-state index contributed by atoms with van der Waals surface area (Å²) in [5.74, 6) is 0.487. The van der Waals surface area contributed by atoms with Crippen LogP contribution in [0.1, 0.15) is 54.4 Å². The molecule has 1 heterocycles. The largest absolute Gasteiger partial charge is 0.460 e. The van der Waals surface area contributed by atoms with Gasteiger partial charge in [-0.25, -0.2) is 0 Å². The molecule has 2 nitrogen and oxygen atoms in total. The molecule has 1 atom stereocenters. The molecule has 0 N–H and O–H groups in total. The number of hydrogen-bond donors (Lipinski definition) is 0. The van der Waals surface area contributed by atoms with E-state index < -0.39 is 0 Å². The van der Waals surface area contributed by atoms with Gasteiger partial charge in [0.2, 0.25) is 0 Å². The van der Waals surface area contributed by atoms with Crippen LogP contribution in [0.4, 0.5) is 0 Å². The van der Waals surface area contributed by atoms with Gasteiger partial charge in [0.05, 0.1) is 11.2 Å². The molecule has 1 rings (SSSR count). The summed E-state index contributed by atoms with van der Waals surface area (Å²) in [6, 6.07) is 0. The second kappa shape index (κ2) is 5.07. The van der Waals surface area contributed by atoms with Gasteiger partial charge in [-0.15, -0.1) is 12.4 Å². The lowest BCUT2D eigenvalue weighted by molar-refractivity contribution is 0.00578. The Morgan fingerprint density at radius 2 is 1.47 bits per heavy atom. The lowest BCUT2D eigenvalue weighted by Gasteiger charge is -2.32. The molecule has 0 aromatic heterocycles. The molecular weight excluding hydrogens is 210 g/mol. The molecule has 15 heavy (non-hydrogen) atoms. The van der Waals surface area contributed by atoms with Gasteiger partial charge in [0, 0.05) is 0 Å². The molecule has 0 radical (unpaired) electrons. The second-order valence-electron chi connectivity index (χ2n) is 5.39. The molecule has 0 saturated carbocycles. The predicted molar refractivity (Wildman–Crippen MR) is 67.7 cm³/mol. The van der Waals surface area contributed by atoms with E-state index in [2.05, 4.69) is 41.5 Å². The molecule has 0 amide bonds. The van der Waals surface area contributed by atoms with Crippen molar-refractivity contribution in [2.75, 3.05) is 0 Å². The molecule has 0 aromatic rings. The molecule has 1 aliphatic heterocycles. The summed E-state index contributed by atoms with van der Waals surface area (Å²) in [6.07, 6.45) is 2.35. The SMILES string of the molecule is CCCC(C)B1OC(C)(C)C(C)(C)O1.Cl. The third kappa shape index (κ3) is 3.12. The minimum Gasteiger partial charge on any atom is -0.403 e. The van der Waals surface area contributed by atoms with Crippen LogP contribution in [0, 0.1) is 0 Å². The van der Waals surface area contributed by atoms with E-state index in [1.807, 2.05) is 0 Å². The molecule has 4 heteroatoms. The van der Waals surface area contributed by atoms with E-state index in [0.717, 1.165) is 6.42 Å². The van der Waals surface area contributed by atoms with E-state index in [0.29, 0.717) is 5.82 Å². The molecule has 1 fully saturated rings. The molecule has 0 aliphatic carbocycles. The summed E-state index contributed by atoms with van der Waals surface area (Å²) in [5.41, 5.74) is -0.362. The normalized spacial score (nSPS) is 24.8. The summed E-state index contributed by atoms with van der Waals surface area (Å²) in [7, 11) is -0.0278. The highest BCUT2D eigenvalue weighted by Crippen LogP contribution is 2.40. The lowest BCUT2D eigenvalue weighted by atomic mass is 9.71. The van der Waals surface area contributed by atoms with Crippen LogP contribution < -0.4 is 0 Å². The minimum atomic E-state index is -0.181. The Hall–Kier alpha value is 0.275. The second-order valence-corrected chi connectivity index (χ2v) is 5.39. The first-order valence-corrected chi connectivity index (χ1v) is 5.66. The molecule has 1 unspecified atom stereocenters. The molecule has 1 aliphatic rings. The summed E-state index contributed by atoms with van der Waals surface area (Å²) >= 11 is 0. The predicted octanol–water partition coefficient (Wildman–Crippen LogP) is 3.69. The van der Waals surface area contributed by atoms with E-state index in [1.165, 1.54) is 6.42 Å². The molecule has 90 valence electrons. The van der Waals surface area contributed by atoms with Gasteiger partial charge in [0.25, 0.3) is 0 Å². The van der Waals surface area contributed by atoms with Gasteiger partial charge in [-0.1, -0.05) is 26.7 Å². The maximum atomic E-state index is 5.96. The first kappa shape index (κ1) is 15.3. The van der Waals surface area contributed by atoms with Crippen molar-refractivity contribution in [1.82, 2.24) is 0 Å². The average molecular weight is 235 g/mol. The Morgan fingerprint density at radius 3 is 1.80 bits per heavy atom. The van der Waals surface area contributed by atoms with Crippen LogP contribution in [0.25, 0.3) is 0 Å². The van der Waals surface area contributed by atoms with Gasteiger partial charge in [0.15, 0.2) is 0 Å². The van der Waals surface area contributed by atoms with Crippen molar-refractivity contribution < 1.29 is 9.31 Å². The number of halogens is 1. The van der Waals surface area contributed by atoms with Crippen molar-refractivity contribution in [3.8, 4) is 0 Å². The van der Waals surface area contributed by atoms with E-state index in [4.69, 9.17) is 9.31 Å². The van der Waals surface area contributed by atoms with Crippen molar-refractivity contribution in [2.45, 2.75) is 71.4 Å². The zero-order valence-corrected chi connectivity index (χ0v) is 11.6. The summed E-state index contributed by atoms with van der Waals surface area (Å²) in [4.78, 5) is 0. The van der Waals surface area contributed by atoms with Crippen LogP contribution in [-0.2, 0) is 9.31 Å². The third-order valence-electron chi connectivity index (χ3n) is 3.48. The van der Waals surface area contributed by atoms with Crippen molar-refractivity contribution >= 4 is 19.5 Å². The highest BCUT2D eigenvalue weighted by Gasteiger charge is 2.52. The zero-order chi connectivity index (χ0) is 11.0. The Labute approximate surface area is 101 Å². The first-order chi connectivity index (χ1) is 6.30. The molecular formula is C11H24BClO2. The van der Waals surface area contributed by atoms with Gasteiger partial charge in [-0.05, 0) is 33.5 Å². The van der Waals surface area contributed by atoms with Crippen LogP contribution in [0.15, 0.2) is 0 Å². The van der Waals surface area contributed by atoms with Gasteiger partial charge in [-0.2, -0.15) is 0 Å². The Bertz CT molecular complexity index is 191. The maximum absolute atomic E-state index is 5.96. The van der Waals surface area contributed by atoms with E-state index in [9.17, 15) is 0 Å². The number of rotatable bonds is 3. The van der Waals surface area contributed by atoms with Crippen molar-refractivity contribution in [3.05, 3.63) is 0 Å². The zero-order valence-electron chi connectivity index (χ0n) is 10.8. The van der Waals surface area contributed by atoms with E-state index in [1.54, 1.807) is 0 Å². The van der Waals surface area contributed by atoms with Crippen molar-refractivity contribution in [3.63, 3.8) is 0 Å². The van der Waals surface area contributed by atoms with Crippen molar-refractivity contribution in [1.29, 1.82) is 0 Å². The molecule has 0 bridgehead atoms. The average Bonchev–Trinajstić information content (AvgIpc) is 2.22. The Kier molecular flexibility index (Phi) is 5.16. The van der Waals surface area contributed by atoms with Crippen LogP contribution in [0.5, 0.6) is 0 Å². The summed E-state index contributed by atoms with van der Waals surface area (Å²) < 4.78 is 11.9. The van der Waals surface area contributed by atoms with Gasteiger partial charge >= 0.3 is 7.12 Å².